The topological polar surface area (TPSA) is 60.3 Å². The molecule has 3 rings (SSSR count). The molecular formula is C17H18N2O2. The van der Waals surface area contributed by atoms with Gasteiger partial charge in [0.15, 0.2) is 11.5 Å². The van der Waals surface area contributed by atoms with Crippen LogP contribution < -0.4 is 15.2 Å². The Kier molecular flexibility index (Phi) is 3.79. The maximum atomic E-state index is 5.82. The summed E-state index contributed by atoms with van der Waals surface area (Å²) in [6, 6.07) is 15.9. The summed E-state index contributed by atoms with van der Waals surface area (Å²) in [5, 5.41) is 1.15. The zero-order chi connectivity index (χ0) is 14.7. The summed E-state index contributed by atoms with van der Waals surface area (Å²) in [5.74, 6) is 1.47. The number of ether oxygens (including phenoxy) is 2. The number of methoxy groups -OCH3 is 1. The fourth-order valence-electron chi connectivity index (χ4n) is 2.34. The summed E-state index contributed by atoms with van der Waals surface area (Å²) < 4.78 is 11.1. The predicted octanol–water partition coefficient (Wildman–Crippen LogP) is 3.21. The van der Waals surface area contributed by atoms with E-state index in [4.69, 9.17) is 15.2 Å². The van der Waals surface area contributed by atoms with E-state index < -0.39 is 0 Å². The van der Waals surface area contributed by atoms with Gasteiger partial charge in [0.2, 0.25) is 0 Å². The van der Waals surface area contributed by atoms with E-state index in [1.165, 1.54) is 0 Å². The first kappa shape index (κ1) is 13.5. The lowest BCUT2D eigenvalue weighted by atomic mass is 10.1. The molecule has 0 atom stereocenters. The lowest BCUT2D eigenvalue weighted by molar-refractivity contribution is 0.281. The van der Waals surface area contributed by atoms with Gasteiger partial charge < -0.3 is 20.2 Å². The van der Waals surface area contributed by atoms with Crippen molar-refractivity contribution in [3.05, 3.63) is 59.8 Å². The summed E-state index contributed by atoms with van der Waals surface area (Å²) in [5.41, 5.74) is 8.90. The smallest absolute Gasteiger partial charge is 0.161 e. The van der Waals surface area contributed by atoms with Crippen LogP contribution in [-0.4, -0.2) is 12.1 Å². The Morgan fingerprint density at radius 3 is 2.62 bits per heavy atom. The van der Waals surface area contributed by atoms with E-state index in [2.05, 4.69) is 17.1 Å². The highest BCUT2D eigenvalue weighted by molar-refractivity contribution is 5.81. The van der Waals surface area contributed by atoms with E-state index in [1.54, 1.807) is 7.11 Å². The van der Waals surface area contributed by atoms with Crippen LogP contribution >= 0.6 is 0 Å². The molecule has 0 aliphatic rings. The summed E-state index contributed by atoms with van der Waals surface area (Å²) in [6.45, 7) is 1.02. The van der Waals surface area contributed by atoms with Gasteiger partial charge in [0.25, 0.3) is 0 Å². The molecule has 2 aromatic carbocycles. The number of H-pyrrole nitrogens is 1. The molecule has 3 aromatic rings. The first-order chi connectivity index (χ1) is 10.3. The molecule has 4 nitrogen and oxygen atoms in total. The van der Waals surface area contributed by atoms with E-state index in [0.717, 1.165) is 33.7 Å². The van der Waals surface area contributed by atoms with Crippen molar-refractivity contribution in [3.8, 4) is 11.5 Å². The van der Waals surface area contributed by atoms with E-state index in [-0.39, 0.29) is 0 Å². The monoisotopic (exact) mass is 282 g/mol. The minimum atomic E-state index is 0.465. The van der Waals surface area contributed by atoms with E-state index >= 15 is 0 Å². The summed E-state index contributed by atoms with van der Waals surface area (Å²) in [4.78, 5) is 3.35. The van der Waals surface area contributed by atoms with Gasteiger partial charge in [0.1, 0.15) is 6.61 Å². The van der Waals surface area contributed by atoms with Gasteiger partial charge in [-0.25, -0.2) is 0 Å². The van der Waals surface area contributed by atoms with E-state index in [9.17, 15) is 0 Å². The first-order valence-corrected chi connectivity index (χ1v) is 6.86. The molecule has 4 heteroatoms. The number of fused-ring (bicyclic) bond motifs is 1. The number of nitrogens with one attached hydrogen (secondary N) is 1. The lowest BCUT2D eigenvalue weighted by Crippen LogP contribution is -1.97. The Morgan fingerprint density at radius 1 is 1.05 bits per heavy atom. The third-order valence-electron chi connectivity index (χ3n) is 3.43. The zero-order valence-corrected chi connectivity index (χ0v) is 11.9. The van der Waals surface area contributed by atoms with Gasteiger partial charge >= 0.3 is 0 Å². The largest absolute Gasteiger partial charge is 0.493 e. The fraction of sp³-hybridized carbons (Fsp3) is 0.176. The van der Waals surface area contributed by atoms with Gasteiger partial charge in [-0.1, -0.05) is 18.2 Å². The number of aromatic nitrogens is 1. The zero-order valence-electron chi connectivity index (χ0n) is 11.9. The van der Waals surface area contributed by atoms with Crippen molar-refractivity contribution >= 4 is 10.9 Å². The summed E-state index contributed by atoms with van der Waals surface area (Å²) in [7, 11) is 1.64. The first-order valence-electron chi connectivity index (χ1n) is 6.86. The normalized spacial score (nSPS) is 10.8. The Labute approximate surface area is 123 Å². The Hall–Kier alpha value is -2.46. The predicted molar refractivity (Wildman–Crippen MR) is 83.5 cm³/mol. The number of rotatable bonds is 5. The van der Waals surface area contributed by atoms with Gasteiger partial charge in [0, 0.05) is 17.4 Å². The standard InChI is InChI=1S/C17H18N2O2/c1-20-16-4-2-3-5-17(16)21-11-14-9-13-8-12(10-18)6-7-15(13)19-14/h2-9,19H,10-11,18H2,1H3. The van der Waals surface area contributed by atoms with E-state index in [0.29, 0.717) is 13.2 Å². The molecule has 0 bridgehead atoms. The van der Waals surface area contributed by atoms with Crippen LogP contribution in [0.4, 0.5) is 0 Å². The third kappa shape index (κ3) is 2.85. The second-order valence-electron chi connectivity index (χ2n) is 4.86. The summed E-state index contributed by atoms with van der Waals surface area (Å²) in [6.07, 6.45) is 0. The number of nitrogens with two attached hydrogens (primary N) is 1. The van der Waals surface area contributed by atoms with Gasteiger partial charge in [-0.05, 0) is 35.9 Å². The van der Waals surface area contributed by atoms with E-state index in [1.807, 2.05) is 36.4 Å². The number of para-hydroxylation sites is 2. The number of hydrogen-bond donors (Lipinski definition) is 2. The van der Waals surface area contributed by atoms with Crippen LogP contribution in [-0.2, 0) is 13.2 Å². The average molecular weight is 282 g/mol. The quantitative estimate of drug-likeness (QED) is 0.755. The molecule has 0 unspecified atom stereocenters. The molecular weight excluding hydrogens is 264 g/mol. The molecule has 21 heavy (non-hydrogen) atoms. The number of aromatic amines is 1. The molecule has 0 saturated heterocycles. The Morgan fingerprint density at radius 2 is 1.86 bits per heavy atom. The van der Waals surface area contributed by atoms with Crippen molar-refractivity contribution in [2.24, 2.45) is 5.73 Å². The van der Waals surface area contributed by atoms with Crippen LogP contribution in [0.25, 0.3) is 10.9 Å². The molecule has 1 aromatic heterocycles. The average Bonchev–Trinajstić information content (AvgIpc) is 2.94. The van der Waals surface area contributed by atoms with Crippen LogP contribution in [0.2, 0.25) is 0 Å². The molecule has 3 N–H and O–H groups in total. The Balaban J connectivity index is 1.79. The van der Waals surface area contributed by atoms with Crippen LogP contribution in [0, 0.1) is 0 Å². The lowest BCUT2D eigenvalue weighted by Gasteiger charge is -2.09. The van der Waals surface area contributed by atoms with Crippen LogP contribution in [0.3, 0.4) is 0 Å². The molecule has 0 radical (unpaired) electrons. The van der Waals surface area contributed by atoms with Crippen molar-refractivity contribution in [3.63, 3.8) is 0 Å². The van der Waals surface area contributed by atoms with Crippen molar-refractivity contribution in [1.29, 1.82) is 0 Å². The van der Waals surface area contributed by atoms with Gasteiger partial charge in [-0.3, -0.25) is 0 Å². The molecule has 0 saturated carbocycles. The maximum absolute atomic E-state index is 5.82. The second-order valence-corrected chi connectivity index (χ2v) is 4.86. The second kappa shape index (κ2) is 5.89. The van der Waals surface area contributed by atoms with Crippen molar-refractivity contribution in [2.75, 3.05) is 7.11 Å². The molecule has 0 aliphatic carbocycles. The number of hydrogen-bond acceptors (Lipinski definition) is 3. The highest BCUT2D eigenvalue weighted by atomic mass is 16.5. The minimum Gasteiger partial charge on any atom is -0.493 e. The Bertz CT molecular complexity index is 749. The minimum absolute atomic E-state index is 0.465. The summed E-state index contributed by atoms with van der Waals surface area (Å²) >= 11 is 0. The SMILES string of the molecule is COc1ccccc1OCc1cc2cc(CN)ccc2[nH]1. The molecule has 108 valence electrons. The molecule has 0 amide bonds. The number of benzene rings is 2. The third-order valence-corrected chi connectivity index (χ3v) is 3.43. The fourth-order valence-corrected chi connectivity index (χ4v) is 2.34. The highest BCUT2D eigenvalue weighted by Crippen LogP contribution is 2.27. The van der Waals surface area contributed by atoms with Gasteiger partial charge in [-0.2, -0.15) is 0 Å². The van der Waals surface area contributed by atoms with Crippen LogP contribution in [0.15, 0.2) is 48.5 Å². The molecule has 1 heterocycles. The molecule has 0 fully saturated rings. The van der Waals surface area contributed by atoms with Gasteiger partial charge in [-0.15, -0.1) is 0 Å². The van der Waals surface area contributed by atoms with Crippen LogP contribution in [0.5, 0.6) is 11.5 Å². The highest BCUT2D eigenvalue weighted by Gasteiger charge is 2.05. The van der Waals surface area contributed by atoms with Crippen LogP contribution in [0.1, 0.15) is 11.3 Å². The molecule has 0 spiro atoms. The van der Waals surface area contributed by atoms with Gasteiger partial charge in [0.05, 0.1) is 12.8 Å². The van der Waals surface area contributed by atoms with Crippen molar-refractivity contribution in [2.45, 2.75) is 13.2 Å². The maximum Gasteiger partial charge on any atom is 0.161 e. The van der Waals surface area contributed by atoms with Crippen molar-refractivity contribution in [1.82, 2.24) is 4.98 Å². The van der Waals surface area contributed by atoms with Crippen molar-refractivity contribution < 1.29 is 9.47 Å². The molecule has 0 aliphatic heterocycles.